The third-order valence-electron chi connectivity index (χ3n) is 5.67. The molecule has 0 saturated carbocycles. The van der Waals surface area contributed by atoms with Crippen LogP contribution < -0.4 is 0 Å². The first-order valence-electron chi connectivity index (χ1n) is 9.38. The van der Waals surface area contributed by atoms with Crippen LogP contribution in [-0.2, 0) is 6.54 Å². The van der Waals surface area contributed by atoms with Gasteiger partial charge in [0.05, 0.1) is 29.4 Å². The lowest BCUT2D eigenvalue weighted by Crippen LogP contribution is -2.35. The summed E-state index contributed by atoms with van der Waals surface area (Å²) in [5.74, 6) is 1.30. The zero-order valence-electron chi connectivity index (χ0n) is 15.4. The monoisotopic (exact) mass is 350 g/mol. The summed E-state index contributed by atoms with van der Waals surface area (Å²) >= 11 is 0. The molecule has 2 N–H and O–H groups in total. The lowest BCUT2D eigenvalue weighted by atomic mass is 9.89. The quantitative estimate of drug-likeness (QED) is 0.756. The zero-order valence-corrected chi connectivity index (χ0v) is 15.4. The van der Waals surface area contributed by atoms with Crippen LogP contribution in [0.5, 0.6) is 0 Å². The number of H-pyrrole nitrogens is 1. The average Bonchev–Trinajstić information content (AvgIpc) is 3.09. The van der Waals surface area contributed by atoms with Gasteiger partial charge in [0.25, 0.3) is 0 Å². The van der Waals surface area contributed by atoms with Crippen LogP contribution >= 0.6 is 0 Å². The van der Waals surface area contributed by atoms with Gasteiger partial charge in [0.2, 0.25) is 0 Å². The Labute approximate surface area is 154 Å². The van der Waals surface area contributed by atoms with Crippen molar-refractivity contribution in [3.05, 3.63) is 59.2 Å². The number of nitrogens with one attached hydrogen (secondary N) is 1. The minimum atomic E-state index is -0.463. The molecule has 5 nitrogen and oxygen atoms in total. The van der Waals surface area contributed by atoms with Gasteiger partial charge < -0.3 is 10.1 Å². The molecular weight excluding hydrogens is 324 g/mol. The van der Waals surface area contributed by atoms with Gasteiger partial charge in [0.1, 0.15) is 5.82 Å². The Kier molecular flexibility index (Phi) is 4.74. The van der Waals surface area contributed by atoms with Crippen molar-refractivity contribution in [2.75, 3.05) is 13.1 Å². The number of aromatic amines is 1. The number of imidazole rings is 1. The summed E-state index contributed by atoms with van der Waals surface area (Å²) in [6, 6.07) is 9.99. The fourth-order valence-electron chi connectivity index (χ4n) is 3.87. The largest absolute Gasteiger partial charge is 0.387 e. The number of piperidine rings is 1. The molecule has 0 spiro atoms. The second kappa shape index (κ2) is 7.17. The molecule has 3 aromatic rings. The number of likely N-dealkylation sites (tertiary alicyclic amines) is 1. The molecule has 1 aliphatic rings. The van der Waals surface area contributed by atoms with Gasteiger partial charge in [-0.1, -0.05) is 12.1 Å². The summed E-state index contributed by atoms with van der Waals surface area (Å²) in [6.07, 6.45) is 3.25. The summed E-state index contributed by atoms with van der Waals surface area (Å²) in [7, 11) is 0. The van der Waals surface area contributed by atoms with E-state index >= 15 is 0 Å². The molecule has 1 saturated heterocycles. The SMILES string of the molecule is Cc1ccc2[nH]c(CN3CCC(C(O)c4ccccn4)CC3)nc2c1C. The van der Waals surface area contributed by atoms with Crippen LogP contribution in [0, 0.1) is 19.8 Å². The molecule has 136 valence electrons. The number of fused-ring (bicyclic) bond motifs is 1. The summed E-state index contributed by atoms with van der Waals surface area (Å²) < 4.78 is 0. The van der Waals surface area contributed by atoms with Gasteiger partial charge in [-0.2, -0.15) is 0 Å². The Balaban J connectivity index is 1.39. The maximum Gasteiger partial charge on any atom is 0.121 e. The summed E-state index contributed by atoms with van der Waals surface area (Å²) in [5.41, 5.74) is 5.51. The highest BCUT2D eigenvalue weighted by atomic mass is 16.3. The highest BCUT2D eigenvalue weighted by Gasteiger charge is 2.27. The van der Waals surface area contributed by atoms with Gasteiger partial charge in [0.15, 0.2) is 0 Å². The molecular formula is C21H26N4O. The molecule has 0 bridgehead atoms. The summed E-state index contributed by atoms with van der Waals surface area (Å²) in [6.45, 7) is 7.04. The van der Waals surface area contributed by atoms with Gasteiger partial charge in [-0.15, -0.1) is 0 Å². The highest BCUT2D eigenvalue weighted by Crippen LogP contribution is 2.30. The van der Waals surface area contributed by atoms with E-state index in [1.807, 2.05) is 18.2 Å². The van der Waals surface area contributed by atoms with E-state index < -0.39 is 6.10 Å². The standard InChI is InChI=1S/C21H26N4O/c1-14-6-7-17-20(15(14)2)24-19(23-17)13-25-11-8-16(9-12-25)21(26)18-5-3-4-10-22-18/h3-7,10,16,21,26H,8-9,11-13H2,1-2H3,(H,23,24). The van der Waals surface area contributed by atoms with Crippen LogP contribution in [0.3, 0.4) is 0 Å². The van der Waals surface area contributed by atoms with Crippen molar-refractivity contribution in [2.45, 2.75) is 39.3 Å². The molecule has 5 heteroatoms. The highest BCUT2D eigenvalue weighted by molar-refractivity contribution is 5.79. The molecule has 0 amide bonds. The van der Waals surface area contributed by atoms with Crippen LogP contribution in [-0.4, -0.2) is 38.0 Å². The molecule has 1 atom stereocenters. The topological polar surface area (TPSA) is 65.0 Å². The molecule has 1 fully saturated rings. The predicted octanol–water partition coefficient (Wildman–Crippen LogP) is 3.52. The first-order valence-corrected chi connectivity index (χ1v) is 9.38. The van der Waals surface area contributed by atoms with E-state index in [9.17, 15) is 5.11 Å². The van der Waals surface area contributed by atoms with Crippen molar-refractivity contribution >= 4 is 11.0 Å². The molecule has 3 heterocycles. The minimum absolute atomic E-state index is 0.279. The minimum Gasteiger partial charge on any atom is -0.387 e. The van der Waals surface area contributed by atoms with Gasteiger partial charge in [-0.3, -0.25) is 9.88 Å². The van der Waals surface area contributed by atoms with E-state index in [4.69, 9.17) is 4.98 Å². The number of rotatable bonds is 4. The lowest BCUT2D eigenvalue weighted by Gasteiger charge is -2.33. The Morgan fingerprint density at radius 2 is 2.00 bits per heavy atom. The van der Waals surface area contributed by atoms with Gasteiger partial charge in [-0.25, -0.2) is 4.98 Å². The number of aryl methyl sites for hydroxylation is 2. The number of hydrogen-bond acceptors (Lipinski definition) is 4. The van der Waals surface area contributed by atoms with Gasteiger partial charge >= 0.3 is 0 Å². The van der Waals surface area contributed by atoms with E-state index in [1.165, 1.54) is 11.1 Å². The second-order valence-electron chi connectivity index (χ2n) is 7.40. The Bertz CT molecular complexity index is 882. The maximum atomic E-state index is 10.6. The van der Waals surface area contributed by atoms with Gasteiger partial charge in [-0.05, 0) is 75.0 Å². The third-order valence-corrected chi connectivity index (χ3v) is 5.67. The Hall–Kier alpha value is -2.24. The number of benzene rings is 1. The molecule has 1 unspecified atom stereocenters. The maximum absolute atomic E-state index is 10.6. The predicted molar refractivity (Wildman–Crippen MR) is 103 cm³/mol. The number of nitrogens with zero attached hydrogens (tertiary/aromatic N) is 3. The molecule has 1 aliphatic heterocycles. The van der Waals surface area contributed by atoms with Crippen LogP contribution in [0.2, 0.25) is 0 Å². The lowest BCUT2D eigenvalue weighted by molar-refractivity contribution is 0.0534. The van der Waals surface area contributed by atoms with Crippen molar-refractivity contribution in [1.29, 1.82) is 0 Å². The smallest absolute Gasteiger partial charge is 0.121 e. The fourth-order valence-corrected chi connectivity index (χ4v) is 3.87. The molecule has 1 aromatic carbocycles. The number of aliphatic hydroxyl groups is 1. The molecule has 2 aromatic heterocycles. The van der Waals surface area contributed by atoms with E-state index in [1.54, 1.807) is 6.20 Å². The summed E-state index contributed by atoms with van der Waals surface area (Å²) in [5, 5.41) is 10.6. The number of hydrogen-bond donors (Lipinski definition) is 2. The normalized spacial score (nSPS) is 17.7. The van der Waals surface area contributed by atoms with Crippen LogP contribution in [0.15, 0.2) is 36.5 Å². The summed E-state index contributed by atoms with van der Waals surface area (Å²) in [4.78, 5) is 15.0. The van der Waals surface area contributed by atoms with Crippen molar-refractivity contribution in [1.82, 2.24) is 19.9 Å². The fraction of sp³-hybridized carbons (Fsp3) is 0.429. The number of pyridine rings is 1. The molecule has 4 rings (SSSR count). The van der Waals surface area contributed by atoms with E-state index in [2.05, 4.69) is 40.8 Å². The van der Waals surface area contributed by atoms with Crippen molar-refractivity contribution in [3.63, 3.8) is 0 Å². The first-order chi connectivity index (χ1) is 12.6. The van der Waals surface area contributed by atoms with E-state index in [0.717, 1.165) is 55.0 Å². The average molecular weight is 350 g/mol. The number of aromatic nitrogens is 3. The Morgan fingerprint density at radius 1 is 1.19 bits per heavy atom. The molecule has 0 aliphatic carbocycles. The van der Waals surface area contributed by atoms with E-state index in [0.29, 0.717) is 0 Å². The van der Waals surface area contributed by atoms with Crippen molar-refractivity contribution < 1.29 is 5.11 Å². The van der Waals surface area contributed by atoms with E-state index in [-0.39, 0.29) is 5.92 Å². The second-order valence-corrected chi connectivity index (χ2v) is 7.40. The first kappa shape index (κ1) is 17.2. The van der Waals surface area contributed by atoms with Crippen LogP contribution in [0.4, 0.5) is 0 Å². The van der Waals surface area contributed by atoms with Crippen LogP contribution in [0.25, 0.3) is 11.0 Å². The van der Waals surface area contributed by atoms with Crippen molar-refractivity contribution in [2.24, 2.45) is 5.92 Å². The third kappa shape index (κ3) is 3.37. The molecule has 0 radical (unpaired) electrons. The van der Waals surface area contributed by atoms with Crippen molar-refractivity contribution in [3.8, 4) is 0 Å². The van der Waals surface area contributed by atoms with Gasteiger partial charge in [0, 0.05) is 6.20 Å². The zero-order chi connectivity index (χ0) is 18.1. The Morgan fingerprint density at radius 3 is 2.73 bits per heavy atom. The van der Waals surface area contributed by atoms with Crippen LogP contribution in [0.1, 0.15) is 41.6 Å². The number of aliphatic hydroxyl groups excluding tert-OH is 1. The molecule has 26 heavy (non-hydrogen) atoms.